The van der Waals surface area contributed by atoms with Gasteiger partial charge < -0.3 is 14.7 Å². The van der Waals surface area contributed by atoms with Gasteiger partial charge in [0, 0.05) is 51.0 Å². The number of carbonyl (C=O) groups excluding carboxylic acids is 2. The number of aromatic nitrogens is 2. The summed E-state index contributed by atoms with van der Waals surface area (Å²) in [6, 6.07) is 8.00. The third kappa shape index (κ3) is 5.23. The first kappa shape index (κ1) is 22.2. The van der Waals surface area contributed by atoms with Crippen molar-refractivity contribution in [2.45, 2.75) is 33.1 Å². The molecular weight excluding hydrogens is 409 g/mol. The number of nitrogens with zero attached hydrogens (tertiary/aromatic N) is 5. The number of piperazine rings is 1. The van der Waals surface area contributed by atoms with Crippen LogP contribution in [0.25, 0.3) is 0 Å². The summed E-state index contributed by atoms with van der Waals surface area (Å²) in [6.07, 6.45) is 1.87. The van der Waals surface area contributed by atoms with Crippen LogP contribution < -0.4 is 4.90 Å². The molecule has 0 aliphatic carbocycles. The zero-order valence-electron chi connectivity index (χ0n) is 18.8. The highest BCUT2D eigenvalue weighted by molar-refractivity contribution is 5.82. The molecule has 0 N–H and O–H groups in total. The van der Waals surface area contributed by atoms with Gasteiger partial charge in [-0.2, -0.15) is 0 Å². The van der Waals surface area contributed by atoms with E-state index in [-0.39, 0.29) is 30.0 Å². The monoisotopic (exact) mass is 439 g/mol. The molecule has 32 heavy (non-hydrogen) atoms. The molecule has 2 aromatic rings. The van der Waals surface area contributed by atoms with Gasteiger partial charge in [0.2, 0.25) is 11.8 Å². The van der Waals surface area contributed by atoms with Crippen molar-refractivity contribution in [3.05, 3.63) is 53.2 Å². The van der Waals surface area contributed by atoms with Gasteiger partial charge >= 0.3 is 0 Å². The number of benzene rings is 1. The average molecular weight is 440 g/mol. The van der Waals surface area contributed by atoms with Crippen LogP contribution in [-0.4, -0.2) is 70.9 Å². The predicted molar refractivity (Wildman–Crippen MR) is 120 cm³/mol. The van der Waals surface area contributed by atoms with Gasteiger partial charge in [0.15, 0.2) is 0 Å². The third-order valence-corrected chi connectivity index (χ3v) is 6.26. The Morgan fingerprint density at radius 2 is 1.72 bits per heavy atom. The molecule has 8 heteroatoms. The van der Waals surface area contributed by atoms with E-state index in [2.05, 4.69) is 14.9 Å². The van der Waals surface area contributed by atoms with Crippen molar-refractivity contribution in [1.29, 1.82) is 0 Å². The van der Waals surface area contributed by atoms with E-state index in [4.69, 9.17) is 0 Å². The van der Waals surface area contributed by atoms with Crippen LogP contribution >= 0.6 is 0 Å². The molecule has 0 bridgehead atoms. The van der Waals surface area contributed by atoms with Crippen molar-refractivity contribution in [2.75, 3.05) is 44.2 Å². The quantitative estimate of drug-likeness (QED) is 0.732. The number of likely N-dealkylation sites (tertiary alicyclic amines) is 1. The molecule has 0 saturated carbocycles. The zero-order valence-corrected chi connectivity index (χ0v) is 18.8. The summed E-state index contributed by atoms with van der Waals surface area (Å²) in [5.41, 5.74) is 1.73. The lowest BCUT2D eigenvalue weighted by molar-refractivity contribution is -0.140. The van der Waals surface area contributed by atoms with Crippen LogP contribution in [0.2, 0.25) is 0 Å². The first-order valence-corrected chi connectivity index (χ1v) is 11.3. The summed E-state index contributed by atoms with van der Waals surface area (Å²) in [5.74, 6) is 1.33. The highest BCUT2D eigenvalue weighted by Gasteiger charge is 2.32. The summed E-state index contributed by atoms with van der Waals surface area (Å²) in [4.78, 5) is 40.7. The lowest BCUT2D eigenvalue weighted by Crippen LogP contribution is -2.53. The third-order valence-electron chi connectivity index (χ3n) is 6.26. The Labute approximate surface area is 188 Å². The van der Waals surface area contributed by atoms with Crippen LogP contribution in [0.15, 0.2) is 30.3 Å². The van der Waals surface area contributed by atoms with Gasteiger partial charge in [-0.1, -0.05) is 12.1 Å². The number of halogens is 1. The van der Waals surface area contributed by atoms with Gasteiger partial charge in [0.1, 0.15) is 17.5 Å². The molecule has 2 amide bonds. The Balaban J connectivity index is 1.31. The second kappa shape index (κ2) is 9.63. The maximum atomic E-state index is 13.2. The summed E-state index contributed by atoms with van der Waals surface area (Å²) < 4.78 is 13.1. The highest BCUT2D eigenvalue weighted by atomic mass is 19.1. The normalized spacial score (nSPS) is 19.2. The fraction of sp³-hybridized carbons (Fsp3) is 0.500. The molecule has 2 saturated heterocycles. The van der Waals surface area contributed by atoms with Crippen LogP contribution in [0, 0.1) is 25.6 Å². The number of carbonyl (C=O) groups is 2. The van der Waals surface area contributed by atoms with Gasteiger partial charge in [-0.15, -0.1) is 0 Å². The smallest absolute Gasteiger partial charge is 0.227 e. The molecule has 1 unspecified atom stereocenters. The Morgan fingerprint density at radius 1 is 1.00 bits per heavy atom. The zero-order chi connectivity index (χ0) is 22.7. The molecule has 1 atom stereocenters. The Hall–Kier alpha value is -3.03. The van der Waals surface area contributed by atoms with Gasteiger partial charge in [0.25, 0.3) is 0 Å². The van der Waals surface area contributed by atoms with Gasteiger partial charge in [-0.05, 0) is 44.4 Å². The van der Waals surface area contributed by atoms with E-state index < -0.39 is 0 Å². The lowest BCUT2D eigenvalue weighted by atomic mass is 9.95. The van der Waals surface area contributed by atoms with E-state index in [1.54, 1.807) is 17.0 Å². The van der Waals surface area contributed by atoms with E-state index in [1.165, 1.54) is 12.1 Å². The minimum absolute atomic E-state index is 0.00608. The van der Waals surface area contributed by atoms with Crippen LogP contribution in [0.3, 0.4) is 0 Å². The van der Waals surface area contributed by atoms with Gasteiger partial charge in [-0.25, -0.2) is 14.4 Å². The van der Waals surface area contributed by atoms with Crippen LogP contribution in [0.1, 0.15) is 29.9 Å². The Kier molecular flexibility index (Phi) is 6.67. The van der Waals surface area contributed by atoms with Gasteiger partial charge in [0.05, 0.1) is 12.3 Å². The van der Waals surface area contributed by atoms with Crippen molar-refractivity contribution in [3.63, 3.8) is 0 Å². The molecule has 4 rings (SSSR count). The molecule has 3 heterocycles. The highest BCUT2D eigenvalue weighted by Crippen LogP contribution is 2.22. The van der Waals surface area contributed by atoms with E-state index in [9.17, 15) is 14.0 Å². The number of hydrogen-bond acceptors (Lipinski definition) is 5. The maximum Gasteiger partial charge on any atom is 0.227 e. The molecule has 0 radical (unpaired) electrons. The van der Waals surface area contributed by atoms with Crippen molar-refractivity contribution >= 4 is 17.6 Å². The fourth-order valence-corrected chi connectivity index (χ4v) is 4.57. The number of rotatable bonds is 4. The Bertz CT molecular complexity index is 953. The van der Waals surface area contributed by atoms with Crippen LogP contribution in [-0.2, 0) is 16.0 Å². The second-order valence-electron chi connectivity index (χ2n) is 8.71. The van der Waals surface area contributed by atoms with E-state index in [1.807, 2.05) is 24.8 Å². The topological polar surface area (TPSA) is 69.6 Å². The fourth-order valence-electron chi connectivity index (χ4n) is 4.57. The van der Waals surface area contributed by atoms with Crippen molar-refractivity contribution in [1.82, 2.24) is 19.8 Å². The second-order valence-corrected chi connectivity index (χ2v) is 8.71. The molecule has 2 fully saturated rings. The maximum absolute atomic E-state index is 13.2. The molecule has 2 aliphatic heterocycles. The lowest BCUT2D eigenvalue weighted by Gasteiger charge is -2.39. The average Bonchev–Trinajstić information content (AvgIpc) is 2.79. The molecule has 1 aromatic heterocycles. The summed E-state index contributed by atoms with van der Waals surface area (Å²) in [5, 5.41) is 0. The number of piperidine rings is 1. The van der Waals surface area contributed by atoms with Crippen molar-refractivity contribution in [2.24, 2.45) is 5.92 Å². The number of aryl methyl sites for hydroxylation is 2. The SMILES string of the molecule is Cc1cc(N2CCN(C(=O)C3CCCN(C(=O)Cc4ccc(F)cc4)C3)CC2)nc(C)n1. The Morgan fingerprint density at radius 3 is 2.41 bits per heavy atom. The summed E-state index contributed by atoms with van der Waals surface area (Å²) in [7, 11) is 0. The molecule has 0 spiro atoms. The minimum Gasteiger partial charge on any atom is -0.353 e. The van der Waals surface area contributed by atoms with Crippen molar-refractivity contribution in [3.8, 4) is 0 Å². The predicted octanol–water partition coefficient (Wildman–Crippen LogP) is 2.36. The van der Waals surface area contributed by atoms with Crippen LogP contribution in [0.4, 0.5) is 10.2 Å². The standard InChI is InChI=1S/C24H30FN5O2/c1-17-14-22(27-18(2)26-17)28-10-12-29(13-11-28)24(32)20-4-3-9-30(16-20)23(31)15-19-5-7-21(25)8-6-19/h5-8,14,20H,3-4,9-13,15-16H2,1-2H3. The first-order chi connectivity index (χ1) is 15.4. The molecule has 170 valence electrons. The molecule has 7 nitrogen and oxygen atoms in total. The first-order valence-electron chi connectivity index (χ1n) is 11.3. The summed E-state index contributed by atoms with van der Waals surface area (Å²) >= 11 is 0. The van der Waals surface area contributed by atoms with Crippen LogP contribution in [0.5, 0.6) is 0 Å². The van der Waals surface area contributed by atoms with Gasteiger partial charge in [-0.3, -0.25) is 9.59 Å². The molecular formula is C24H30FN5O2. The molecule has 2 aliphatic rings. The number of hydrogen-bond donors (Lipinski definition) is 0. The van der Waals surface area contributed by atoms with E-state index in [0.717, 1.165) is 48.8 Å². The van der Waals surface area contributed by atoms with E-state index in [0.29, 0.717) is 26.2 Å². The van der Waals surface area contributed by atoms with E-state index >= 15 is 0 Å². The minimum atomic E-state index is -0.310. The molecule has 1 aromatic carbocycles. The van der Waals surface area contributed by atoms with Crippen molar-refractivity contribution < 1.29 is 14.0 Å². The number of amides is 2. The number of anilines is 1. The largest absolute Gasteiger partial charge is 0.353 e. The summed E-state index contributed by atoms with van der Waals surface area (Å²) in [6.45, 7) is 7.77.